The van der Waals surface area contributed by atoms with Gasteiger partial charge in [0.05, 0.1) is 18.7 Å². The number of amides is 2. The fourth-order valence-electron chi connectivity index (χ4n) is 3.52. The van der Waals surface area contributed by atoms with Crippen molar-refractivity contribution in [3.8, 4) is 0 Å². The molecule has 29 heavy (non-hydrogen) atoms. The molecule has 150 valence electrons. The van der Waals surface area contributed by atoms with Crippen LogP contribution in [0.2, 0.25) is 0 Å². The topological polar surface area (TPSA) is 131 Å². The second-order valence-electron chi connectivity index (χ2n) is 7.04. The third-order valence-corrected chi connectivity index (χ3v) is 5.09. The second-order valence-corrected chi connectivity index (χ2v) is 7.04. The lowest BCUT2D eigenvalue weighted by Gasteiger charge is -2.26. The van der Waals surface area contributed by atoms with Crippen molar-refractivity contribution in [2.75, 3.05) is 6.54 Å². The van der Waals surface area contributed by atoms with E-state index in [0.717, 1.165) is 22.2 Å². The molecule has 0 aliphatic carbocycles. The Hall–Kier alpha value is -3.62. The van der Waals surface area contributed by atoms with Gasteiger partial charge in [-0.05, 0) is 12.1 Å². The Bertz CT molecular complexity index is 1050. The van der Waals surface area contributed by atoms with Gasteiger partial charge in [-0.2, -0.15) is 5.10 Å². The Labute approximate surface area is 166 Å². The highest BCUT2D eigenvalue weighted by atomic mass is 16.4. The molecule has 2 aromatic heterocycles. The molecule has 2 amide bonds. The van der Waals surface area contributed by atoms with Crippen LogP contribution < -0.4 is 5.32 Å². The molecule has 3 heterocycles. The third kappa shape index (κ3) is 3.98. The zero-order valence-electron chi connectivity index (χ0n) is 15.7. The minimum atomic E-state index is -1.01. The molecule has 0 spiro atoms. The van der Waals surface area contributed by atoms with Crippen LogP contribution >= 0.6 is 0 Å². The number of rotatable bonds is 6. The number of hydrogen-bond acceptors (Lipinski definition) is 4. The number of aromatic amines is 2. The molecular weight excluding hydrogens is 374 g/mol. The summed E-state index contributed by atoms with van der Waals surface area (Å²) >= 11 is 0. The van der Waals surface area contributed by atoms with Crippen molar-refractivity contribution in [1.82, 2.24) is 25.4 Å². The molecule has 9 heteroatoms. The predicted molar refractivity (Wildman–Crippen MR) is 104 cm³/mol. The van der Waals surface area contributed by atoms with Gasteiger partial charge in [-0.1, -0.05) is 18.2 Å². The van der Waals surface area contributed by atoms with E-state index in [1.807, 2.05) is 30.3 Å². The summed E-state index contributed by atoms with van der Waals surface area (Å²) in [6.45, 7) is 1.17. The summed E-state index contributed by atoms with van der Waals surface area (Å²) in [7, 11) is 0. The maximum Gasteiger partial charge on any atom is 0.303 e. The quantitative estimate of drug-likeness (QED) is 0.503. The zero-order valence-corrected chi connectivity index (χ0v) is 15.7. The number of carboxylic acid groups (broad SMARTS) is 1. The van der Waals surface area contributed by atoms with Crippen molar-refractivity contribution >= 4 is 28.7 Å². The highest BCUT2D eigenvalue weighted by molar-refractivity contribution is 5.98. The van der Waals surface area contributed by atoms with Crippen LogP contribution in [0.5, 0.6) is 0 Å². The van der Waals surface area contributed by atoms with Gasteiger partial charge in [-0.25, -0.2) is 0 Å². The lowest BCUT2D eigenvalue weighted by atomic mass is 10.0. The van der Waals surface area contributed by atoms with Crippen molar-refractivity contribution < 1.29 is 19.5 Å². The first-order valence-electron chi connectivity index (χ1n) is 9.42. The first-order valence-corrected chi connectivity index (χ1v) is 9.42. The smallest absolute Gasteiger partial charge is 0.303 e. The average Bonchev–Trinajstić information content (AvgIpc) is 3.33. The fraction of sp³-hybridized carbons (Fsp3) is 0.300. The van der Waals surface area contributed by atoms with Gasteiger partial charge in [-0.3, -0.25) is 19.5 Å². The first kappa shape index (κ1) is 18.7. The SMILES string of the molecule is O=C(O)CCC(=O)NCc1n[nH]c2c1CN(C(=O)c1cc3ccccc3[nH]1)CC2. The molecule has 1 aromatic carbocycles. The highest BCUT2D eigenvalue weighted by Crippen LogP contribution is 2.23. The first-order chi connectivity index (χ1) is 14.0. The summed E-state index contributed by atoms with van der Waals surface area (Å²) in [5.74, 6) is -1.43. The number of carbonyl (C=O) groups is 3. The average molecular weight is 395 g/mol. The van der Waals surface area contributed by atoms with Crippen molar-refractivity contribution in [1.29, 1.82) is 0 Å². The second kappa shape index (κ2) is 7.78. The van der Waals surface area contributed by atoms with Crippen LogP contribution in [0.25, 0.3) is 10.9 Å². The zero-order chi connectivity index (χ0) is 20.4. The lowest BCUT2D eigenvalue weighted by Crippen LogP contribution is -2.36. The molecule has 9 nitrogen and oxygen atoms in total. The molecule has 0 atom stereocenters. The van der Waals surface area contributed by atoms with E-state index in [9.17, 15) is 14.4 Å². The van der Waals surface area contributed by atoms with Crippen molar-refractivity contribution in [3.05, 3.63) is 53.0 Å². The molecule has 0 unspecified atom stereocenters. The van der Waals surface area contributed by atoms with Crippen LogP contribution in [0.4, 0.5) is 0 Å². The normalized spacial score (nSPS) is 13.3. The molecule has 0 saturated heterocycles. The van der Waals surface area contributed by atoms with E-state index in [1.54, 1.807) is 4.90 Å². The maximum absolute atomic E-state index is 13.0. The van der Waals surface area contributed by atoms with E-state index in [4.69, 9.17) is 5.11 Å². The summed E-state index contributed by atoms with van der Waals surface area (Å²) < 4.78 is 0. The minimum absolute atomic E-state index is 0.0764. The molecular formula is C20H21N5O4. The Kier molecular flexibility index (Phi) is 5.03. The third-order valence-electron chi connectivity index (χ3n) is 5.09. The Balaban J connectivity index is 1.44. The van der Waals surface area contributed by atoms with Crippen molar-refractivity contribution in [3.63, 3.8) is 0 Å². The molecule has 1 aliphatic rings. The van der Waals surface area contributed by atoms with Crippen LogP contribution in [0.1, 0.15) is 40.3 Å². The number of carbonyl (C=O) groups excluding carboxylic acids is 2. The number of carboxylic acids is 1. The number of para-hydroxylation sites is 1. The van der Waals surface area contributed by atoms with E-state index in [2.05, 4.69) is 20.5 Å². The van der Waals surface area contributed by atoms with E-state index in [1.165, 1.54) is 0 Å². The molecule has 4 rings (SSSR count). The molecule has 3 aromatic rings. The van der Waals surface area contributed by atoms with Gasteiger partial charge in [0.25, 0.3) is 5.91 Å². The molecule has 0 fully saturated rings. The fourth-order valence-corrected chi connectivity index (χ4v) is 3.52. The van der Waals surface area contributed by atoms with Crippen LogP contribution in [0.15, 0.2) is 30.3 Å². The van der Waals surface area contributed by atoms with Gasteiger partial charge >= 0.3 is 5.97 Å². The van der Waals surface area contributed by atoms with Crippen molar-refractivity contribution in [2.45, 2.75) is 32.4 Å². The van der Waals surface area contributed by atoms with E-state index >= 15 is 0 Å². The van der Waals surface area contributed by atoms with Crippen LogP contribution in [-0.2, 0) is 29.1 Å². The highest BCUT2D eigenvalue weighted by Gasteiger charge is 2.26. The Morgan fingerprint density at radius 2 is 2.03 bits per heavy atom. The number of H-pyrrole nitrogens is 2. The number of aromatic nitrogens is 3. The lowest BCUT2D eigenvalue weighted by molar-refractivity contribution is -0.138. The molecule has 0 radical (unpaired) electrons. The van der Waals surface area contributed by atoms with Gasteiger partial charge in [0.15, 0.2) is 0 Å². The molecule has 4 N–H and O–H groups in total. The minimum Gasteiger partial charge on any atom is -0.481 e. The van der Waals surface area contributed by atoms with Crippen LogP contribution in [0, 0.1) is 0 Å². The van der Waals surface area contributed by atoms with E-state index < -0.39 is 5.97 Å². The summed E-state index contributed by atoms with van der Waals surface area (Å²) in [6, 6.07) is 9.59. The summed E-state index contributed by atoms with van der Waals surface area (Å²) in [6.07, 6.45) is 0.367. The number of aliphatic carboxylic acids is 1. The summed E-state index contributed by atoms with van der Waals surface area (Å²) in [5, 5.41) is 19.6. The monoisotopic (exact) mass is 395 g/mol. The van der Waals surface area contributed by atoms with E-state index in [-0.39, 0.29) is 31.2 Å². The number of nitrogens with one attached hydrogen (secondary N) is 3. The Morgan fingerprint density at radius 1 is 1.21 bits per heavy atom. The van der Waals surface area contributed by atoms with Crippen LogP contribution in [0.3, 0.4) is 0 Å². The maximum atomic E-state index is 13.0. The largest absolute Gasteiger partial charge is 0.481 e. The number of hydrogen-bond donors (Lipinski definition) is 4. The molecule has 0 bridgehead atoms. The van der Waals surface area contributed by atoms with Gasteiger partial charge in [-0.15, -0.1) is 0 Å². The molecule has 0 saturated carbocycles. The Morgan fingerprint density at radius 3 is 2.83 bits per heavy atom. The summed E-state index contributed by atoms with van der Waals surface area (Å²) in [5.41, 5.74) is 3.99. The number of benzene rings is 1. The van der Waals surface area contributed by atoms with Gasteiger partial charge < -0.3 is 20.3 Å². The van der Waals surface area contributed by atoms with Gasteiger partial charge in [0.2, 0.25) is 5.91 Å². The van der Waals surface area contributed by atoms with Gasteiger partial charge in [0.1, 0.15) is 5.69 Å². The van der Waals surface area contributed by atoms with Crippen molar-refractivity contribution in [2.24, 2.45) is 0 Å². The molecule has 1 aliphatic heterocycles. The number of fused-ring (bicyclic) bond motifs is 2. The number of nitrogens with zero attached hydrogens (tertiary/aromatic N) is 2. The van der Waals surface area contributed by atoms with Crippen LogP contribution in [-0.4, -0.2) is 49.5 Å². The van der Waals surface area contributed by atoms with E-state index in [0.29, 0.717) is 30.9 Å². The summed E-state index contributed by atoms with van der Waals surface area (Å²) in [4.78, 5) is 40.2. The van der Waals surface area contributed by atoms with Gasteiger partial charge in [0, 0.05) is 48.1 Å². The predicted octanol–water partition coefficient (Wildman–Crippen LogP) is 1.57. The standard InChI is InChI=1S/C20H21N5O4/c26-18(5-6-19(27)28)21-10-17-13-11-25(8-7-15(13)23-24-17)20(29)16-9-12-3-1-2-4-14(12)22-16/h1-4,9,22H,5-8,10-11H2,(H,21,26)(H,23,24)(H,27,28).